The molecular weight excluding hydrogens is 220 g/mol. The number of hydrogen-bond donors (Lipinski definition) is 1. The van der Waals surface area contributed by atoms with E-state index in [1.807, 2.05) is 0 Å². The van der Waals surface area contributed by atoms with Crippen molar-refractivity contribution in [2.24, 2.45) is 5.73 Å². The topological polar surface area (TPSA) is 29.3 Å². The predicted molar refractivity (Wildman–Crippen MR) is 80.8 cm³/mol. The first kappa shape index (κ1) is 15.7. The minimum atomic E-state index is 0.130. The van der Waals surface area contributed by atoms with Gasteiger partial charge in [0.25, 0.3) is 0 Å². The molecular formula is C16H32N2. The van der Waals surface area contributed by atoms with Crippen LogP contribution in [0.4, 0.5) is 0 Å². The minimum absolute atomic E-state index is 0.130. The second-order valence-corrected chi connectivity index (χ2v) is 5.91. The molecule has 1 unspecified atom stereocenters. The second kappa shape index (κ2) is 7.30. The highest BCUT2D eigenvalue weighted by molar-refractivity contribution is 5.19. The van der Waals surface area contributed by atoms with Crippen LogP contribution in [-0.2, 0) is 0 Å². The van der Waals surface area contributed by atoms with Crippen molar-refractivity contribution < 1.29 is 0 Å². The van der Waals surface area contributed by atoms with E-state index < -0.39 is 0 Å². The van der Waals surface area contributed by atoms with E-state index in [0.29, 0.717) is 0 Å². The monoisotopic (exact) mass is 252 g/mol. The van der Waals surface area contributed by atoms with Crippen LogP contribution in [0.3, 0.4) is 0 Å². The van der Waals surface area contributed by atoms with E-state index in [0.717, 1.165) is 12.8 Å². The fraction of sp³-hybridized carbons (Fsp3) is 0.875. The molecule has 106 valence electrons. The molecule has 0 aromatic rings. The maximum Gasteiger partial charge on any atom is 0.0440 e. The molecule has 1 aliphatic rings. The van der Waals surface area contributed by atoms with Crippen LogP contribution in [0.1, 0.15) is 65.2 Å². The van der Waals surface area contributed by atoms with Gasteiger partial charge in [0.15, 0.2) is 0 Å². The number of likely N-dealkylation sites (N-methyl/N-ethyl adjacent to an activating group) is 1. The smallest absolute Gasteiger partial charge is 0.0440 e. The lowest BCUT2D eigenvalue weighted by Gasteiger charge is -2.44. The van der Waals surface area contributed by atoms with Crippen LogP contribution in [-0.4, -0.2) is 30.6 Å². The minimum Gasteiger partial charge on any atom is -0.323 e. The van der Waals surface area contributed by atoms with Crippen molar-refractivity contribution in [2.75, 3.05) is 14.1 Å². The van der Waals surface area contributed by atoms with Crippen molar-refractivity contribution in [3.8, 4) is 0 Å². The van der Waals surface area contributed by atoms with Crippen molar-refractivity contribution in [1.82, 2.24) is 4.90 Å². The van der Waals surface area contributed by atoms with Gasteiger partial charge in [0.05, 0.1) is 0 Å². The Morgan fingerprint density at radius 2 is 1.78 bits per heavy atom. The highest BCUT2D eigenvalue weighted by Gasteiger charge is 2.37. The molecule has 0 fully saturated rings. The third kappa shape index (κ3) is 3.36. The van der Waals surface area contributed by atoms with Crippen molar-refractivity contribution in [3.05, 3.63) is 11.6 Å². The molecule has 18 heavy (non-hydrogen) atoms. The third-order valence-electron chi connectivity index (χ3n) is 4.92. The molecule has 0 aromatic heterocycles. The highest BCUT2D eigenvalue weighted by atomic mass is 15.2. The van der Waals surface area contributed by atoms with Gasteiger partial charge in [-0.15, -0.1) is 0 Å². The Kier molecular flexibility index (Phi) is 6.37. The zero-order valence-corrected chi connectivity index (χ0v) is 12.8. The highest BCUT2D eigenvalue weighted by Crippen LogP contribution is 2.31. The SMILES string of the molecule is CCC(CC)(C(N)C1=CCCCCCC1)N(C)C. The first-order chi connectivity index (χ1) is 8.58. The molecule has 1 atom stereocenters. The van der Waals surface area contributed by atoms with Crippen LogP contribution in [0.2, 0.25) is 0 Å². The summed E-state index contributed by atoms with van der Waals surface area (Å²) in [6.07, 6.45) is 12.5. The zero-order chi connectivity index (χ0) is 13.6. The Labute approximate surface area is 114 Å². The van der Waals surface area contributed by atoms with E-state index in [-0.39, 0.29) is 11.6 Å². The molecule has 0 aromatic carbocycles. The molecule has 0 radical (unpaired) electrons. The van der Waals surface area contributed by atoms with Gasteiger partial charge in [0, 0.05) is 11.6 Å². The van der Waals surface area contributed by atoms with Gasteiger partial charge in [-0.2, -0.15) is 0 Å². The van der Waals surface area contributed by atoms with Gasteiger partial charge in [0.2, 0.25) is 0 Å². The van der Waals surface area contributed by atoms with Crippen molar-refractivity contribution >= 4 is 0 Å². The summed E-state index contributed by atoms with van der Waals surface area (Å²) in [5.41, 5.74) is 8.30. The summed E-state index contributed by atoms with van der Waals surface area (Å²) in [4.78, 5) is 2.34. The van der Waals surface area contributed by atoms with E-state index in [2.05, 4.69) is 38.9 Å². The second-order valence-electron chi connectivity index (χ2n) is 5.91. The number of hydrogen-bond acceptors (Lipinski definition) is 2. The van der Waals surface area contributed by atoms with E-state index >= 15 is 0 Å². The molecule has 2 nitrogen and oxygen atoms in total. The maximum absolute atomic E-state index is 6.66. The molecule has 0 saturated carbocycles. The zero-order valence-electron chi connectivity index (χ0n) is 12.8. The molecule has 0 saturated heterocycles. The van der Waals surface area contributed by atoms with E-state index in [9.17, 15) is 0 Å². The predicted octanol–water partition coefficient (Wildman–Crippen LogP) is 3.71. The standard InChI is InChI=1S/C16H32N2/c1-5-16(6-2,18(3)4)15(17)14-12-10-8-7-9-11-13-14/h12,15H,5-11,13,17H2,1-4H3. The summed E-state index contributed by atoms with van der Waals surface area (Å²) >= 11 is 0. The average Bonchev–Trinajstić information content (AvgIpc) is 2.30. The molecule has 0 amide bonds. The Hall–Kier alpha value is -0.340. The molecule has 2 heteroatoms. The third-order valence-corrected chi connectivity index (χ3v) is 4.92. The molecule has 0 heterocycles. The maximum atomic E-state index is 6.66. The fourth-order valence-electron chi connectivity index (χ4n) is 3.44. The van der Waals surface area contributed by atoms with Gasteiger partial charge in [-0.05, 0) is 52.6 Å². The number of nitrogens with two attached hydrogens (primary N) is 1. The lowest BCUT2D eigenvalue weighted by atomic mass is 9.78. The van der Waals surface area contributed by atoms with Crippen LogP contribution in [0.15, 0.2) is 11.6 Å². The summed E-state index contributed by atoms with van der Waals surface area (Å²) in [7, 11) is 4.35. The summed E-state index contributed by atoms with van der Waals surface area (Å²) in [6.45, 7) is 4.54. The first-order valence-corrected chi connectivity index (χ1v) is 7.70. The Balaban J connectivity index is 2.90. The summed E-state index contributed by atoms with van der Waals surface area (Å²) in [5.74, 6) is 0. The van der Waals surface area contributed by atoms with Crippen molar-refractivity contribution in [1.29, 1.82) is 0 Å². The largest absolute Gasteiger partial charge is 0.323 e. The van der Waals surface area contributed by atoms with E-state index in [1.54, 1.807) is 0 Å². The van der Waals surface area contributed by atoms with Crippen LogP contribution in [0, 0.1) is 0 Å². The summed E-state index contributed by atoms with van der Waals surface area (Å²) in [5, 5.41) is 0. The van der Waals surface area contributed by atoms with Gasteiger partial charge in [-0.25, -0.2) is 0 Å². The number of allylic oxidation sites excluding steroid dienone is 1. The lowest BCUT2D eigenvalue weighted by Crippen LogP contribution is -2.57. The first-order valence-electron chi connectivity index (χ1n) is 7.70. The molecule has 0 bridgehead atoms. The fourth-order valence-corrected chi connectivity index (χ4v) is 3.44. The van der Waals surface area contributed by atoms with Crippen LogP contribution < -0.4 is 5.73 Å². The Morgan fingerprint density at radius 3 is 2.33 bits per heavy atom. The van der Waals surface area contributed by atoms with Crippen LogP contribution in [0.25, 0.3) is 0 Å². The normalized spacial score (nSPS) is 20.2. The van der Waals surface area contributed by atoms with Crippen molar-refractivity contribution in [3.63, 3.8) is 0 Å². The van der Waals surface area contributed by atoms with Gasteiger partial charge in [0.1, 0.15) is 0 Å². The lowest BCUT2D eigenvalue weighted by molar-refractivity contribution is 0.117. The van der Waals surface area contributed by atoms with Crippen LogP contribution >= 0.6 is 0 Å². The summed E-state index contributed by atoms with van der Waals surface area (Å²) < 4.78 is 0. The van der Waals surface area contributed by atoms with E-state index in [4.69, 9.17) is 5.73 Å². The van der Waals surface area contributed by atoms with Crippen LogP contribution in [0.5, 0.6) is 0 Å². The van der Waals surface area contributed by atoms with E-state index in [1.165, 1.54) is 44.1 Å². The number of nitrogens with zero attached hydrogens (tertiary/aromatic N) is 1. The molecule has 2 N–H and O–H groups in total. The molecule has 1 aliphatic carbocycles. The molecule has 1 rings (SSSR count). The molecule has 0 spiro atoms. The number of rotatable bonds is 5. The molecule has 0 aliphatic heterocycles. The summed E-state index contributed by atoms with van der Waals surface area (Å²) in [6, 6.07) is 0.195. The van der Waals surface area contributed by atoms with Gasteiger partial charge >= 0.3 is 0 Å². The van der Waals surface area contributed by atoms with Crippen molar-refractivity contribution in [2.45, 2.75) is 76.8 Å². The Bertz CT molecular complexity index is 264. The Morgan fingerprint density at radius 1 is 1.17 bits per heavy atom. The van der Waals surface area contributed by atoms with Gasteiger partial charge in [-0.1, -0.05) is 38.3 Å². The average molecular weight is 252 g/mol. The quantitative estimate of drug-likeness (QED) is 0.756. The van der Waals surface area contributed by atoms with Gasteiger partial charge < -0.3 is 10.6 Å². The van der Waals surface area contributed by atoms with Gasteiger partial charge in [-0.3, -0.25) is 0 Å².